The Hall–Kier alpha value is -0.730. The van der Waals surface area contributed by atoms with Crippen LogP contribution in [0, 0.1) is 5.41 Å². The average Bonchev–Trinajstić information content (AvgIpc) is 2.28. The molecule has 0 heterocycles. The maximum absolute atomic E-state index is 11.5. The lowest BCUT2D eigenvalue weighted by Gasteiger charge is -2.33. The Kier molecular flexibility index (Phi) is 5.64. The first kappa shape index (κ1) is 13.3. The van der Waals surface area contributed by atoms with Crippen molar-refractivity contribution in [1.82, 2.24) is 10.6 Å². The van der Waals surface area contributed by atoms with Crippen LogP contribution in [-0.4, -0.2) is 19.1 Å². The largest absolute Gasteiger partial charge is 0.338 e. The molecular weight excluding hydrogens is 200 g/mol. The summed E-state index contributed by atoms with van der Waals surface area (Å²) in [5, 5.41) is 5.89. The van der Waals surface area contributed by atoms with Gasteiger partial charge in [-0.1, -0.05) is 39.5 Å². The fourth-order valence-corrected chi connectivity index (χ4v) is 2.32. The van der Waals surface area contributed by atoms with Crippen molar-refractivity contribution >= 4 is 6.03 Å². The van der Waals surface area contributed by atoms with Gasteiger partial charge >= 0.3 is 6.03 Å². The van der Waals surface area contributed by atoms with Crippen molar-refractivity contribution in [3.63, 3.8) is 0 Å². The van der Waals surface area contributed by atoms with Crippen LogP contribution in [0.3, 0.4) is 0 Å². The van der Waals surface area contributed by atoms with Crippen LogP contribution in [0.2, 0.25) is 0 Å². The van der Waals surface area contributed by atoms with Crippen molar-refractivity contribution in [2.24, 2.45) is 5.41 Å². The summed E-state index contributed by atoms with van der Waals surface area (Å²) >= 11 is 0. The fourth-order valence-electron chi connectivity index (χ4n) is 2.32. The number of nitrogens with one attached hydrogen (secondary N) is 2. The first-order valence-corrected chi connectivity index (χ1v) is 6.68. The third-order valence-corrected chi connectivity index (χ3v) is 3.55. The van der Waals surface area contributed by atoms with Crippen molar-refractivity contribution in [2.45, 2.75) is 58.8 Å². The van der Waals surface area contributed by atoms with Gasteiger partial charge in [0.2, 0.25) is 0 Å². The molecule has 0 aromatic rings. The molecule has 1 rings (SSSR count). The number of rotatable bonds is 5. The van der Waals surface area contributed by atoms with Crippen LogP contribution in [0.4, 0.5) is 4.79 Å². The molecule has 0 aromatic carbocycles. The van der Waals surface area contributed by atoms with E-state index in [2.05, 4.69) is 24.5 Å². The number of urea groups is 1. The summed E-state index contributed by atoms with van der Waals surface area (Å²) in [5.41, 5.74) is 0.334. The Labute approximate surface area is 99.4 Å². The molecule has 16 heavy (non-hydrogen) atoms. The van der Waals surface area contributed by atoms with Crippen LogP contribution in [0.15, 0.2) is 0 Å². The average molecular weight is 226 g/mol. The van der Waals surface area contributed by atoms with Gasteiger partial charge in [0.25, 0.3) is 0 Å². The highest BCUT2D eigenvalue weighted by Crippen LogP contribution is 2.34. The van der Waals surface area contributed by atoms with Crippen LogP contribution >= 0.6 is 0 Å². The van der Waals surface area contributed by atoms with E-state index in [1.807, 2.05) is 0 Å². The molecule has 0 aromatic heterocycles. The molecule has 1 fully saturated rings. The smallest absolute Gasteiger partial charge is 0.314 e. The molecule has 1 saturated carbocycles. The summed E-state index contributed by atoms with van der Waals surface area (Å²) in [5.74, 6) is 0. The lowest BCUT2D eigenvalue weighted by Crippen LogP contribution is -2.42. The molecule has 0 radical (unpaired) electrons. The van der Waals surface area contributed by atoms with E-state index in [9.17, 15) is 4.79 Å². The molecule has 3 nitrogen and oxygen atoms in total. The molecule has 0 aliphatic heterocycles. The standard InChI is InChI=1S/C13H26N2O/c1-3-4-10-14-12(16)15-11-13(2)8-6-5-7-9-13/h3-11H2,1-2H3,(H2,14,15,16). The Morgan fingerprint density at radius 3 is 2.50 bits per heavy atom. The Morgan fingerprint density at radius 2 is 1.88 bits per heavy atom. The van der Waals surface area contributed by atoms with Gasteiger partial charge in [0.1, 0.15) is 0 Å². The molecule has 0 spiro atoms. The quantitative estimate of drug-likeness (QED) is 0.695. The van der Waals surface area contributed by atoms with Crippen molar-refractivity contribution in [3.8, 4) is 0 Å². The zero-order chi connectivity index (χ0) is 11.9. The van der Waals surface area contributed by atoms with Gasteiger partial charge in [-0.2, -0.15) is 0 Å². The SMILES string of the molecule is CCCCNC(=O)NCC1(C)CCCCC1. The monoisotopic (exact) mass is 226 g/mol. The predicted octanol–water partition coefficient (Wildman–Crippen LogP) is 3.06. The Balaban J connectivity index is 2.14. The van der Waals surface area contributed by atoms with Crippen molar-refractivity contribution in [2.75, 3.05) is 13.1 Å². The van der Waals surface area contributed by atoms with Crippen LogP contribution in [0.25, 0.3) is 0 Å². The summed E-state index contributed by atoms with van der Waals surface area (Å²) in [6, 6.07) is 0.000230. The van der Waals surface area contributed by atoms with Crippen LogP contribution in [-0.2, 0) is 0 Å². The van der Waals surface area contributed by atoms with E-state index in [1.165, 1.54) is 32.1 Å². The van der Waals surface area contributed by atoms with E-state index in [-0.39, 0.29) is 6.03 Å². The first-order chi connectivity index (χ1) is 7.66. The highest BCUT2D eigenvalue weighted by Gasteiger charge is 2.26. The van der Waals surface area contributed by atoms with E-state index < -0.39 is 0 Å². The van der Waals surface area contributed by atoms with E-state index in [0.29, 0.717) is 5.41 Å². The maximum Gasteiger partial charge on any atom is 0.314 e. The molecule has 3 heteroatoms. The van der Waals surface area contributed by atoms with Crippen molar-refractivity contribution in [3.05, 3.63) is 0 Å². The van der Waals surface area contributed by atoms with E-state index >= 15 is 0 Å². The first-order valence-electron chi connectivity index (χ1n) is 6.68. The third-order valence-electron chi connectivity index (χ3n) is 3.55. The highest BCUT2D eigenvalue weighted by molar-refractivity contribution is 5.73. The second kappa shape index (κ2) is 6.77. The maximum atomic E-state index is 11.5. The number of amides is 2. The molecule has 0 saturated heterocycles. The van der Waals surface area contributed by atoms with Crippen LogP contribution in [0.5, 0.6) is 0 Å². The molecular formula is C13H26N2O. The minimum atomic E-state index is 0.000230. The number of carbonyl (C=O) groups excluding carboxylic acids is 1. The minimum absolute atomic E-state index is 0.000230. The van der Waals surface area contributed by atoms with E-state index in [4.69, 9.17) is 0 Å². The summed E-state index contributed by atoms with van der Waals surface area (Å²) in [7, 11) is 0. The second-order valence-corrected chi connectivity index (χ2v) is 5.33. The zero-order valence-corrected chi connectivity index (χ0v) is 10.8. The lowest BCUT2D eigenvalue weighted by atomic mass is 9.76. The minimum Gasteiger partial charge on any atom is -0.338 e. The van der Waals surface area contributed by atoms with Gasteiger partial charge in [0.15, 0.2) is 0 Å². The van der Waals surface area contributed by atoms with E-state index in [0.717, 1.165) is 25.9 Å². The predicted molar refractivity (Wildman–Crippen MR) is 67.5 cm³/mol. The summed E-state index contributed by atoms with van der Waals surface area (Å²) < 4.78 is 0. The molecule has 2 amide bonds. The van der Waals surface area contributed by atoms with Gasteiger partial charge < -0.3 is 10.6 Å². The summed E-state index contributed by atoms with van der Waals surface area (Å²) in [6.45, 7) is 6.03. The van der Waals surface area contributed by atoms with Crippen LogP contribution in [0.1, 0.15) is 58.8 Å². The normalized spacial score (nSPS) is 19.1. The zero-order valence-electron chi connectivity index (χ0n) is 10.8. The summed E-state index contributed by atoms with van der Waals surface area (Å²) in [6.07, 6.45) is 8.68. The highest BCUT2D eigenvalue weighted by atomic mass is 16.2. The number of hydrogen-bond acceptors (Lipinski definition) is 1. The Bertz CT molecular complexity index is 210. The molecule has 0 unspecified atom stereocenters. The molecule has 94 valence electrons. The number of carbonyl (C=O) groups is 1. The molecule has 0 bridgehead atoms. The second-order valence-electron chi connectivity index (χ2n) is 5.33. The number of unbranched alkanes of at least 4 members (excludes halogenated alkanes) is 1. The van der Waals surface area contributed by atoms with Crippen molar-refractivity contribution in [1.29, 1.82) is 0 Å². The topological polar surface area (TPSA) is 41.1 Å². The van der Waals surface area contributed by atoms with Gasteiger partial charge in [-0.05, 0) is 24.7 Å². The summed E-state index contributed by atoms with van der Waals surface area (Å²) in [4.78, 5) is 11.5. The van der Waals surface area contributed by atoms with Gasteiger partial charge in [-0.15, -0.1) is 0 Å². The molecule has 1 aliphatic rings. The van der Waals surface area contributed by atoms with Gasteiger partial charge in [-0.3, -0.25) is 0 Å². The van der Waals surface area contributed by atoms with Gasteiger partial charge in [0.05, 0.1) is 0 Å². The van der Waals surface area contributed by atoms with Gasteiger partial charge in [-0.25, -0.2) is 4.79 Å². The van der Waals surface area contributed by atoms with Crippen molar-refractivity contribution < 1.29 is 4.79 Å². The van der Waals surface area contributed by atoms with Gasteiger partial charge in [0, 0.05) is 13.1 Å². The molecule has 1 aliphatic carbocycles. The molecule has 0 atom stereocenters. The lowest BCUT2D eigenvalue weighted by molar-refractivity contribution is 0.199. The third kappa shape index (κ3) is 4.86. The Morgan fingerprint density at radius 1 is 1.19 bits per heavy atom. The van der Waals surface area contributed by atoms with Crippen LogP contribution < -0.4 is 10.6 Å². The van der Waals surface area contributed by atoms with E-state index in [1.54, 1.807) is 0 Å². The fraction of sp³-hybridized carbons (Fsp3) is 0.923. The molecule has 2 N–H and O–H groups in total. The number of hydrogen-bond donors (Lipinski definition) is 2.